The summed E-state index contributed by atoms with van der Waals surface area (Å²) in [6.07, 6.45) is 18.6. The van der Waals surface area contributed by atoms with Crippen molar-refractivity contribution in [2.24, 2.45) is 0 Å². The SMILES string of the molecule is CCCCCCCCCCCCCC1OCCOC1CCCOS(C)(=O)=O. The third-order valence-corrected chi connectivity index (χ3v) is 5.78. The molecule has 0 aromatic rings. The fourth-order valence-corrected chi connectivity index (χ4v) is 4.08. The first-order chi connectivity index (χ1) is 13.0. The van der Waals surface area contributed by atoms with Gasteiger partial charge in [-0.1, -0.05) is 77.6 Å². The van der Waals surface area contributed by atoms with Gasteiger partial charge in [0.25, 0.3) is 10.1 Å². The molecular weight excluding hydrogens is 364 g/mol. The van der Waals surface area contributed by atoms with Crippen LogP contribution in [0.1, 0.15) is 96.8 Å². The quantitative estimate of drug-likeness (QED) is 0.244. The first-order valence-electron chi connectivity index (χ1n) is 11.1. The van der Waals surface area contributed by atoms with Crippen LogP contribution in [0.5, 0.6) is 0 Å². The van der Waals surface area contributed by atoms with Crippen molar-refractivity contribution in [3.63, 3.8) is 0 Å². The Morgan fingerprint density at radius 1 is 0.741 bits per heavy atom. The van der Waals surface area contributed by atoms with E-state index in [1.807, 2.05) is 0 Å². The Balaban J connectivity index is 2.01. The van der Waals surface area contributed by atoms with Gasteiger partial charge in [0.2, 0.25) is 0 Å². The van der Waals surface area contributed by atoms with Crippen LogP contribution in [0.3, 0.4) is 0 Å². The van der Waals surface area contributed by atoms with Gasteiger partial charge >= 0.3 is 0 Å². The molecule has 1 rings (SSSR count). The fraction of sp³-hybridized carbons (Fsp3) is 1.00. The zero-order chi connectivity index (χ0) is 19.8. The maximum absolute atomic E-state index is 11.0. The van der Waals surface area contributed by atoms with E-state index in [4.69, 9.17) is 13.7 Å². The predicted octanol–water partition coefficient (Wildman–Crippen LogP) is 5.23. The topological polar surface area (TPSA) is 61.8 Å². The van der Waals surface area contributed by atoms with E-state index in [1.54, 1.807) is 0 Å². The molecule has 27 heavy (non-hydrogen) atoms. The molecular formula is C21H42O5S. The second kappa shape index (κ2) is 15.7. The van der Waals surface area contributed by atoms with E-state index in [1.165, 1.54) is 70.6 Å². The van der Waals surface area contributed by atoms with Gasteiger partial charge in [-0.2, -0.15) is 8.42 Å². The van der Waals surface area contributed by atoms with E-state index in [0.717, 1.165) is 19.1 Å². The smallest absolute Gasteiger partial charge is 0.264 e. The Hall–Kier alpha value is -0.170. The summed E-state index contributed by atoms with van der Waals surface area (Å²) in [4.78, 5) is 0. The Morgan fingerprint density at radius 3 is 1.67 bits per heavy atom. The largest absolute Gasteiger partial charge is 0.373 e. The number of hydrogen-bond donors (Lipinski definition) is 0. The lowest BCUT2D eigenvalue weighted by atomic mass is 10.00. The molecule has 1 aliphatic heterocycles. The highest BCUT2D eigenvalue weighted by Crippen LogP contribution is 2.21. The highest BCUT2D eigenvalue weighted by Gasteiger charge is 2.26. The van der Waals surface area contributed by atoms with Crippen LogP contribution in [0, 0.1) is 0 Å². The van der Waals surface area contributed by atoms with E-state index in [-0.39, 0.29) is 18.8 Å². The van der Waals surface area contributed by atoms with Crippen molar-refractivity contribution in [3.05, 3.63) is 0 Å². The van der Waals surface area contributed by atoms with Crippen molar-refractivity contribution in [1.29, 1.82) is 0 Å². The predicted molar refractivity (Wildman–Crippen MR) is 111 cm³/mol. The summed E-state index contributed by atoms with van der Waals surface area (Å²) in [6.45, 7) is 3.79. The van der Waals surface area contributed by atoms with E-state index >= 15 is 0 Å². The third-order valence-electron chi connectivity index (χ3n) is 5.18. The zero-order valence-corrected chi connectivity index (χ0v) is 18.4. The first kappa shape index (κ1) is 24.9. The number of ether oxygens (including phenoxy) is 2. The maximum Gasteiger partial charge on any atom is 0.264 e. The fourth-order valence-electron chi connectivity index (χ4n) is 3.66. The minimum atomic E-state index is -3.35. The summed E-state index contributed by atoms with van der Waals surface area (Å²) < 4.78 is 38.5. The lowest BCUT2D eigenvalue weighted by molar-refractivity contribution is -0.145. The van der Waals surface area contributed by atoms with Gasteiger partial charge in [-0.05, 0) is 19.3 Å². The molecule has 0 saturated carbocycles. The second-order valence-corrected chi connectivity index (χ2v) is 9.45. The average molecular weight is 407 g/mol. The molecule has 5 nitrogen and oxygen atoms in total. The molecule has 162 valence electrons. The summed E-state index contributed by atoms with van der Waals surface area (Å²) >= 11 is 0. The highest BCUT2D eigenvalue weighted by molar-refractivity contribution is 7.85. The van der Waals surface area contributed by atoms with Crippen LogP contribution < -0.4 is 0 Å². The molecule has 2 unspecified atom stereocenters. The Labute approximate surface area is 167 Å². The summed E-state index contributed by atoms with van der Waals surface area (Å²) in [5, 5.41) is 0. The van der Waals surface area contributed by atoms with Crippen LogP contribution in [0.25, 0.3) is 0 Å². The summed E-state index contributed by atoms with van der Waals surface area (Å²) in [6, 6.07) is 0. The van der Waals surface area contributed by atoms with Gasteiger partial charge in [0.05, 0.1) is 38.3 Å². The van der Waals surface area contributed by atoms with Crippen molar-refractivity contribution in [3.8, 4) is 0 Å². The van der Waals surface area contributed by atoms with E-state index < -0.39 is 10.1 Å². The molecule has 1 aliphatic rings. The second-order valence-electron chi connectivity index (χ2n) is 7.81. The molecule has 6 heteroatoms. The van der Waals surface area contributed by atoms with Crippen molar-refractivity contribution in [2.45, 2.75) is 109 Å². The van der Waals surface area contributed by atoms with E-state index in [0.29, 0.717) is 19.6 Å². The molecule has 0 aromatic heterocycles. The lowest BCUT2D eigenvalue weighted by Crippen LogP contribution is -2.38. The minimum absolute atomic E-state index is 0.0741. The van der Waals surface area contributed by atoms with Crippen LogP contribution in [0.2, 0.25) is 0 Å². The monoisotopic (exact) mass is 406 g/mol. The van der Waals surface area contributed by atoms with Gasteiger partial charge in [0.15, 0.2) is 0 Å². The summed E-state index contributed by atoms with van der Waals surface area (Å²) in [5.74, 6) is 0. The van der Waals surface area contributed by atoms with Crippen LogP contribution >= 0.6 is 0 Å². The van der Waals surface area contributed by atoms with Gasteiger partial charge in [-0.15, -0.1) is 0 Å². The number of rotatable bonds is 17. The molecule has 2 atom stereocenters. The van der Waals surface area contributed by atoms with Gasteiger partial charge in [-0.25, -0.2) is 0 Å². The first-order valence-corrected chi connectivity index (χ1v) is 12.9. The third kappa shape index (κ3) is 14.5. The maximum atomic E-state index is 11.0. The molecule has 0 N–H and O–H groups in total. The van der Waals surface area contributed by atoms with E-state index in [9.17, 15) is 8.42 Å². The van der Waals surface area contributed by atoms with Gasteiger partial charge in [-0.3, -0.25) is 4.18 Å². The molecule has 0 spiro atoms. The van der Waals surface area contributed by atoms with Gasteiger partial charge in [0, 0.05) is 0 Å². The molecule has 1 saturated heterocycles. The molecule has 0 aliphatic carbocycles. The van der Waals surface area contributed by atoms with Crippen LogP contribution in [0.15, 0.2) is 0 Å². The average Bonchev–Trinajstić information content (AvgIpc) is 2.63. The summed E-state index contributed by atoms with van der Waals surface area (Å²) in [5.41, 5.74) is 0. The Kier molecular flexibility index (Phi) is 14.5. The van der Waals surface area contributed by atoms with Crippen LogP contribution in [-0.2, 0) is 23.8 Å². The lowest BCUT2D eigenvalue weighted by Gasteiger charge is -2.32. The molecule has 0 bridgehead atoms. The summed E-state index contributed by atoms with van der Waals surface area (Å²) in [7, 11) is -3.35. The highest BCUT2D eigenvalue weighted by atomic mass is 32.2. The van der Waals surface area contributed by atoms with Crippen molar-refractivity contribution >= 4 is 10.1 Å². The molecule has 0 aromatic carbocycles. The minimum Gasteiger partial charge on any atom is -0.373 e. The van der Waals surface area contributed by atoms with Crippen molar-refractivity contribution in [2.75, 3.05) is 26.1 Å². The van der Waals surface area contributed by atoms with Crippen molar-refractivity contribution in [1.82, 2.24) is 0 Å². The molecule has 1 fully saturated rings. The standard InChI is InChI=1S/C21H42O5S/c1-3-4-5-6-7-8-9-10-11-12-13-15-20-21(25-19-18-24-20)16-14-17-26-27(2,22)23/h20-21H,3-19H2,1-2H3. The van der Waals surface area contributed by atoms with Gasteiger partial charge < -0.3 is 9.47 Å². The molecule has 0 radical (unpaired) electrons. The molecule has 0 amide bonds. The Morgan fingerprint density at radius 2 is 1.19 bits per heavy atom. The van der Waals surface area contributed by atoms with Crippen molar-refractivity contribution < 1.29 is 22.1 Å². The van der Waals surface area contributed by atoms with E-state index in [2.05, 4.69) is 6.92 Å². The number of hydrogen-bond acceptors (Lipinski definition) is 5. The Bertz CT molecular complexity index is 438. The zero-order valence-electron chi connectivity index (χ0n) is 17.6. The number of unbranched alkanes of at least 4 members (excludes halogenated alkanes) is 10. The normalized spacial score (nSPS) is 20.8. The van der Waals surface area contributed by atoms with Crippen LogP contribution in [0.4, 0.5) is 0 Å². The molecule has 1 heterocycles. The van der Waals surface area contributed by atoms with Crippen LogP contribution in [-0.4, -0.2) is 46.7 Å². The van der Waals surface area contributed by atoms with Gasteiger partial charge in [0.1, 0.15) is 0 Å².